The highest BCUT2D eigenvalue weighted by molar-refractivity contribution is 5.90. The molecule has 0 spiro atoms. The predicted octanol–water partition coefficient (Wildman–Crippen LogP) is 6.42. The minimum absolute atomic E-state index is 0.157. The summed E-state index contributed by atoms with van der Waals surface area (Å²) in [5, 5.41) is 2.81. The number of halogens is 3. The molecule has 0 radical (unpaired) electrons. The maximum absolute atomic E-state index is 13.7. The number of fused-ring (bicyclic) bond motifs is 1. The van der Waals surface area contributed by atoms with Crippen LogP contribution < -0.4 is 15.6 Å². The lowest BCUT2D eigenvalue weighted by atomic mass is 10.1. The zero-order valence-electron chi connectivity index (χ0n) is 21.1. The normalized spacial score (nSPS) is 12.3. The number of carbonyl (C=O) groups is 1. The molecule has 1 unspecified atom stereocenters. The van der Waals surface area contributed by atoms with Gasteiger partial charge in [-0.15, -0.1) is 0 Å². The van der Waals surface area contributed by atoms with Crippen molar-refractivity contribution in [2.45, 2.75) is 32.5 Å². The van der Waals surface area contributed by atoms with E-state index < -0.39 is 23.8 Å². The standard InChI is InChI=1S/C28H27F3N4O3/c1-4-24(34(5-2)27(37)33-23-13-9-7-11-21(23)28(29,30)31)25-32-22-12-8-6-10-20(22)26(36)35(25)18-14-16-19(38-3)17-15-18/h6-17,24H,4-5H2,1-3H3,(H,33,37). The molecule has 38 heavy (non-hydrogen) atoms. The number of nitrogens with one attached hydrogen (secondary N) is 1. The first-order valence-corrected chi connectivity index (χ1v) is 12.1. The van der Waals surface area contributed by atoms with Gasteiger partial charge in [0.25, 0.3) is 5.56 Å². The van der Waals surface area contributed by atoms with Gasteiger partial charge in [-0.3, -0.25) is 9.36 Å². The molecular weight excluding hydrogens is 497 g/mol. The Morgan fingerprint density at radius 1 is 1.03 bits per heavy atom. The van der Waals surface area contributed by atoms with Crippen LogP contribution in [0.25, 0.3) is 16.6 Å². The van der Waals surface area contributed by atoms with Crippen molar-refractivity contribution in [2.24, 2.45) is 0 Å². The van der Waals surface area contributed by atoms with Crippen LogP contribution in [0.1, 0.15) is 37.7 Å². The molecule has 7 nitrogen and oxygen atoms in total. The van der Waals surface area contributed by atoms with Crippen molar-refractivity contribution in [3.63, 3.8) is 0 Å². The quantitative estimate of drug-likeness (QED) is 0.303. The van der Waals surface area contributed by atoms with Crippen LogP contribution in [-0.4, -0.2) is 34.1 Å². The van der Waals surface area contributed by atoms with E-state index in [4.69, 9.17) is 9.72 Å². The predicted molar refractivity (Wildman–Crippen MR) is 140 cm³/mol. The average molecular weight is 525 g/mol. The molecule has 0 aliphatic rings. The number of hydrogen-bond acceptors (Lipinski definition) is 4. The summed E-state index contributed by atoms with van der Waals surface area (Å²) in [7, 11) is 1.53. The Morgan fingerprint density at radius 2 is 1.68 bits per heavy atom. The molecule has 1 atom stereocenters. The second kappa shape index (κ2) is 11.0. The van der Waals surface area contributed by atoms with Crippen LogP contribution >= 0.6 is 0 Å². The van der Waals surface area contributed by atoms with Crippen molar-refractivity contribution in [3.05, 3.63) is 94.5 Å². The molecule has 3 aromatic carbocycles. The van der Waals surface area contributed by atoms with E-state index in [0.29, 0.717) is 34.6 Å². The maximum Gasteiger partial charge on any atom is 0.418 e. The molecule has 1 aromatic heterocycles. The minimum Gasteiger partial charge on any atom is -0.497 e. The third-order valence-corrected chi connectivity index (χ3v) is 6.27. The fourth-order valence-corrected chi connectivity index (χ4v) is 4.43. The summed E-state index contributed by atoms with van der Waals surface area (Å²) in [6.07, 6.45) is -4.29. The van der Waals surface area contributed by atoms with Crippen molar-refractivity contribution in [1.82, 2.24) is 14.5 Å². The smallest absolute Gasteiger partial charge is 0.418 e. The van der Waals surface area contributed by atoms with Crippen molar-refractivity contribution < 1.29 is 22.7 Å². The molecule has 198 valence electrons. The van der Waals surface area contributed by atoms with Gasteiger partial charge in [-0.25, -0.2) is 9.78 Å². The Labute approximate surface area is 217 Å². The summed E-state index contributed by atoms with van der Waals surface area (Å²) >= 11 is 0. The van der Waals surface area contributed by atoms with E-state index in [-0.39, 0.29) is 17.8 Å². The Balaban J connectivity index is 1.83. The number of aromatic nitrogens is 2. The summed E-state index contributed by atoms with van der Waals surface area (Å²) in [4.78, 5) is 33.2. The topological polar surface area (TPSA) is 76.5 Å². The van der Waals surface area contributed by atoms with Gasteiger partial charge < -0.3 is 15.0 Å². The first-order valence-electron chi connectivity index (χ1n) is 12.1. The molecule has 4 rings (SSSR count). The zero-order chi connectivity index (χ0) is 27.4. The third-order valence-electron chi connectivity index (χ3n) is 6.27. The molecule has 10 heteroatoms. The second-order valence-corrected chi connectivity index (χ2v) is 8.51. The minimum atomic E-state index is -4.64. The number of carbonyl (C=O) groups excluding carboxylic acids is 1. The van der Waals surface area contributed by atoms with E-state index in [9.17, 15) is 22.8 Å². The maximum atomic E-state index is 13.7. The highest BCUT2D eigenvalue weighted by atomic mass is 19.4. The van der Waals surface area contributed by atoms with Gasteiger partial charge in [0, 0.05) is 6.54 Å². The van der Waals surface area contributed by atoms with Gasteiger partial charge in [0.2, 0.25) is 0 Å². The van der Waals surface area contributed by atoms with Crippen molar-refractivity contribution in [2.75, 3.05) is 19.0 Å². The molecule has 0 aliphatic heterocycles. The molecule has 2 amide bonds. The number of anilines is 1. The lowest BCUT2D eigenvalue weighted by Gasteiger charge is -2.31. The molecule has 0 saturated carbocycles. The molecule has 1 heterocycles. The molecule has 0 aliphatic carbocycles. The van der Waals surface area contributed by atoms with Gasteiger partial charge in [-0.2, -0.15) is 13.2 Å². The van der Waals surface area contributed by atoms with Crippen LogP contribution in [-0.2, 0) is 6.18 Å². The summed E-state index contributed by atoms with van der Waals surface area (Å²) in [5.41, 5.74) is -0.655. The van der Waals surface area contributed by atoms with Gasteiger partial charge in [0.15, 0.2) is 0 Å². The highest BCUT2D eigenvalue weighted by Gasteiger charge is 2.35. The summed E-state index contributed by atoms with van der Waals surface area (Å²) < 4.78 is 47.3. The van der Waals surface area contributed by atoms with E-state index in [2.05, 4.69) is 5.32 Å². The number of rotatable bonds is 7. The highest BCUT2D eigenvalue weighted by Crippen LogP contribution is 2.35. The van der Waals surface area contributed by atoms with Crippen LogP contribution in [0.15, 0.2) is 77.6 Å². The summed E-state index contributed by atoms with van der Waals surface area (Å²) in [5.74, 6) is 0.893. The van der Waals surface area contributed by atoms with E-state index in [1.54, 1.807) is 55.5 Å². The molecule has 0 bridgehead atoms. The zero-order valence-corrected chi connectivity index (χ0v) is 21.1. The molecule has 0 fully saturated rings. The lowest BCUT2D eigenvalue weighted by Crippen LogP contribution is -2.41. The average Bonchev–Trinajstić information content (AvgIpc) is 2.91. The van der Waals surface area contributed by atoms with Gasteiger partial charge in [-0.05, 0) is 61.9 Å². The first kappa shape index (κ1) is 26.7. The molecule has 1 N–H and O–H groups in total. The fourth-order valence-electron chi connectivity index (χ4n) is 4.43. The molecular formula is C28H27F3N4O3. The van der Waals surface area contributed by atoms with E-state index in [0.717, 1.165) is 6.07 Å². The van der Waals surface area contributed by atoms with Gasteiger partial charge in [0.05, 0.1) is 41.0 Å². The largest absolute Gasteiger partial charge is 0.497 e. The van der Waals surface area contributed by atoms with Crippen LogP contribution in [0.5, 0.6) is 5.75 Å². The van der Waals surface area contributed by atoms with Crippen molar-refractivity contribution in [3.8, 4) is 11.4 Å². The number of urea groups is 1. The van der Waals surface area contributed by atoms with Crippen molar-refractivity contribution >= 4 is 22.6 Å². The lowest BCUT2D eigenvalue weighted by molar-refractivity contribution is -0.136. The molecule has 0 saturated heterocycles. The van der Waals surface area contributed by atoms with Crippen LogP contribution in [0, 0.1) is 0 Å². The Morgan fingerprint density at radius 3 is 2.32 bits per heavy atom. The van der Waals surface area contributed by atoms with E-state index >= 15 is 0 Å². The third kappa shape index (κ3) is 5.20. The number of nitrogens with zero attached hydrogens (tertiary/aromatic N) is 3. The number of para-hydroxylation sites is 2. The second-order valence-electron chi connectivity index (χ2n) is 8.51. The van der Waals surface area contributed by atoms with Gasteiger partial charge in [0.1, 0.15) is 11.6 Å². The van der Waals surface area contributed by atoms with Crippen molar-refractivity contribution in [1.29, 1.82) is 0 Å². The Hall–Kier alpha value is -4.34. The number of ether oxygens (including phenoxy) is 1. The SMILES string of the molecule is CCC(c1nc2ccccc2c(=O)n1-c1ccc(OC)cc1)N(CC)C(=O)Nc1ccccc1C(F)(F)F. The Kier molecular flexibility index (Phi) is 7.70. The number of alkyl halides is 3. The monoisotopic (exact) mass is 524 g/mol. The first-order chi connectivity index (χ1) is 18.2. The van der Waals surface area contributed by atoms with E-state index in [1.807, 2.05) is 6.92 Å². The van der Waals surface area contributed by atoms with Gasteiger partial charge in [-0.1, -0.05) is 31.2 Å². The molecule has 4 aromatic rings. The Bertz CT molecular complexity index is 1500. The number of hydrogen-bond donors (Lipinski definition) is 1. The fraction of sp³-hybridized carbons (Fsp3) is 0.250. The number of benzene rings is 3. The van der Waals surface area contributed by atoms with E-state index in [1.165, 1.54) is 34.8 Å². The van der Waals surface area contributed by atoms with Crippen LogP contribution in [0.2, 0.25) is 0 Å². The summed E-state index contributed by atoms with van der Waals surface area (Å²) in [6, 6.07) is 17.1. The van der Waals surface area contributed by atoms with Gasteiger partial charge >= 0.3 is 12.2 Å². The van der Waals surface area contributed by atoms with Crippen LogP contribution in [0.4, 0.5) is 23.7 Å². The summed E-state index contributed by atoms with van der Waals surface area (Å²) in [6.45, 7) is 3.70. The number of amides is 2. The van der Waals surface area contributed by atoms with Crippen LogP contribution in [0.3, 0.4) is 0 Å². The number of methoxy groups -OCH3 is 1.